The Labute approximate surface area is 134 Å². The third kappa shape index (κ3) is 3.33. The standard InChI is InChI=1S/C14H12BrClFN3O/c1-14(13(18)21,8-4-9(17)7-19-6-8)20-10-2-3-12(16)11(15)5-10/h2-7,20H,1H3,(H2,18,21). The molecule has 0 saturated heterocycles. The van der Waals surface area contributed by atoms with E-state index in [4.69, 9.17) is 17.3 Å². The van der Waals surface area contributed by atoms with Crippen LogP contribution < -0.4 is 11.1 Å². The summed E-state index contributed by atoms with van der Waals surface area (Å²) in [5.74, 6) is -1.19. The SMILES string of the molecule is CC(Nc1ccc(Cl)c(Br)c1)(C(N)=O)c1cncc(F)c1. The third-order valence-electron chi connectivity index (χ3n) is 3.09. The lowest BCUT2D eigenvalue weighted by atomic mass is 9.92. The molecule has 0 aliphatic carbocycles. The number of hydrogen-bond donors (Lipinski definition) is 2. The van der Waals surface area contributed by atoms with Crippen LogP contribution >= 0.6 is 27.5 Å². The summed E-state index contributed by atoms with van der Waals surface area (Å²) in [6, 6.07) is 6.28. The van der Waals surface area contributed by atoms with Gasteiger partial charge in [0.05, 0.1) is 11.2 Å². The van der Waals surface area contributed by atoms with Crippen molar-refractivity contribution in [2.24, 2.45) is 5.73 Å². The number of hydrogen-bond acceptors (Lipinski definition) is 3. The van der Waals surface area contributed by atoms with Crippen LogP contribution in [0.4, 0.5) is 10.1 Å². The summed E-state index contributed by atoms with van der Waals surface area (Å²) in [7, 11) is 0. The van der Waals surface area contributed by atoms with Crippen LogP contribution in [0.25, 0.3) is 0 Å². The molecular formula is C14H12BrClFN3O. The molecule has 1 amide bonds. The van der Waals surface area contributed by atoms with E-state index < -0.39 is 17.3 Å². The topological polar surface area (TPSA) is 68.0 Å². The molecule has 1 aromatic carbocycles. The molecule has 4 nitrogen and oxygen atoms in total. The van der Waals surface area contributed by atoms with Crippen LogP contribution in [-0.2, 0) is 10.3 Å². The minimum Gasteiger partial charge on any atom is -0.368 e. The molecule has 0 aliphatic heterocycles. The predicted octanol–water partition coefficient (Wildman–Crippen LogP) is 3.45. The Morgan fingerprint density at radius 3 is 2.71 bits per heavy atom. The maximum Gasteiger partial charge on any atom is 0.247 e. The van der Waals surface area contributed by atoms with Gasteiger partial charge in [-0.05, 0) is 47.1 Å². The van der Waals surface area contributed by atoms with E-state index in [2.05, 4.69) is 26.2 Å². The number of amides is 1. The highest BCUT2D eigenvalue weighted by Gasteiger charge is 2.34. The van der Waals surface area contributed by atoms with Gasteiger partial charge in [-0.15, -0.1) is 0 Å². The molecule has 110 valence electrons. The minimum absolute atomic E-state index is 0.334. The maximum atomic E-state index is 13.3. The van der Waals surface area contributed by atoms with E-state index in [1.807, 2.05) is 0 Å². The van der Waals surface area contributed by atoms with Gasteiger partial charge in [-0.1, -0.05) is 11.6 Å². The third-order valence-corrected chi connectivity index (χ3v) is 4.30. The van der Waals surface area contributed by atoms with Gasteiger partial charge in [0, 0.05) is 21.9 Å². The van der Waals surface area contributed by atoms with E-state index >= 15 is 0 Å². The van der Waals surface area contributed by atoms with Crippen LogP contribution in [-0.4, -0.2) is 10.9 Å². The molecule has 0 saturated carbocycles. The lowest BCUT2D eigenvalue weighted by Crippen LogP contribution is -2.45. The monoisotopic (exact) mass is 371 g/mol. The normalized spacial score (nSPS) is 13.5. The Kier molecular flexibility index (Phi) is 4.49. The molecular weight excluding hydrogens is 361 g/mol. The zero-order valence-electron chi connectivity index (χ0n) is 11.0. The van der Waals surface area contributed by atoms with Crippen molar-refractivity contribution in [3.63, 3.8) is 0 Å². The number of rotatable bonds is 4. The maximum absolute atomic E-state index is 13.3. The number of halogens is 3. The van der Waals surface area contributed by atoms with E-state index in [-0.39, 0.29) is 0 Å². The van der Waals surface area contributed by atoms with Gasteiger partial charge in [-0.25, -0.2) is 4.39 Å². The quantitative estimate of drug-likeness (QED) is 0.864. The van der Waals surface area contributed by atoms with Gasteiger partial charge in [0.25, 0.3) is 0 Å². The second-order valence-corrected chi connectivity index (χ2v) is 5.90. The van der Waals surface area contributed by atoms with Crippen molar-refractivity contribution in [3.8, 4) is 0 Å². The molecule has 1 aromatic heterocycles. The van der Waals surface area contributed by atoms with Gasteiger partial charge in [0.2, 0.25) is 5.91 Å². The van der Waals surface area contributed by atoms with Gasteiger partial charge in [-0.2, -0.15) is 0 Å². The first-order chi connectivity index (χ1) is 9.83. The number of nitrogens with two attached hydrogens (primary N) is 1. The second kappa shape index (κ2) is 5.99. The van der Waals surface area contributed by atoms with E-state index in [1.54, 1.807) is 25.1 Å². The largest absolute Gasteiger partial charge is 0.368 e. The van der Waals surface area contributed by atoms with E-state index in [9.17, 15) is 9.18 Å². The summed E-state index contributed by atoms with van der Waals surface area (Å²) >= 11 is 9.22. The van der Waals surface area contributed by atoms with E-state index in [1.165, 1.54) is 12.3 Å². The number of anilines is 1. The minimum atomic E-state index is -1.30. The summed E-state index contributed by atoms with van der Waals surface area (Å²) in [5.41, 5.74) is 5.12. The highest BCUT2D eigenvalue weighted by atomic mass is 79.9. The number of nitrogens with zero attached hydrogens (tertiary/aromatic N) is 1. The van der Waals surface area contributed by atoms with Gasteiger partial charge in [0.1, 0.15) is 11.4 Å². The number of pyridine rings is 1. The summed E-state index contributed by atoms with van der Waals surface area (Å²) in [4.78, 5) is 15.6. The molecule has 1 unspecified atom stereocenters. The first kappa shape index (κ1) is 15.7. The Hall–Kier alpha value is -1.66. The molecule has 0 fully saturated rings. The fraction of sp³-hybridized carbons (Fsp3) is 0.143. The molecule has 0 spiro atoms. The molecule has 21 heavy (non-hydrogen) atoms. The molecule has 2 aromatic rings. The first-order valence-electron chi connectivity index (χ1n) is 5.97. The number of aromatic nitrogens is 1. The van der Waals surface area contributed by atoms with Crippen LogP contribution in [0.2, 0.25) is 5.02 Å². The Morgan fingerprint density at radius 2 is 2.14 bits per heavy atom. The lowest BCUT2D eigenvalue weighted by Gasteiger charge is -2.29. The highest BCUT2D eigenvalue weighted by Crippen LogP contribution is 2.30. The number of carbonyl (C=O) groups excluding carboxylic acids is 1. The Balaban J connectivity index is 2.43. The molecule has 7 heteroatoms. The van der Waals surface area contributed by atoms with Crippen molar-refractivity contribution in [1.29, 1.82) is 0 Å². The molecule has 2 rings (SSSR count). The van der Waals surface area contributed by atoms with Crippen molar-refractivity contribution in [2.75, 3.05) is 5.32 Å². The number of nitrogens with one attached hydrogen (secondary N) is 1. The predicted molar refractivity (Wildman–Crippen MR) is 83.5 cm³/mol. The van der Waals surface area contributed by atoms with Crippen LogP contribution in [0.5, 0.6) is 0 Å². The Morgan fingerprint density at radius 1 is 1.43 bits per heavy atom. The average Bonchev–Trinajstić information content (AvgIpc) is 2.42. The Bertz CT molecular complexity index is 698. The van der Waals surface area contributed by atoms with Gasteiger partial charge in [-0.3, -0.25) is 9.78 Å². The van der Waals surface area contributed by atoms with Crippen molar-refractivity contribution in [3.05, 3.63) is 57.5 Å². The molecule has 1 heterocycles. The smallest absolute Gasteiger partial charge is 0.247 e. The van der Waals surface area contributed by atoms with Gasteiger partial charge in [0.15, 0.2) is 0 Å². The van der Waals surface area contributed by atoms with Gasteiger partial charge < -0.3 is 11.1 Å². The van der Waals surface area contributed by atoms with Crippen molar-refractivity contribution >= 4 is 39.1 Å². The molecule has 0 radical (unpaired) electrons. The summed E-state index contributed by atoms with van der Waals surface area (Å²) in [6.45, 7) is 1.56. The second-order valence-electron chi connectivity index (χ2n) is 4.63. The summed E-state index contributed by atoms with van der Waals surface area (Å²) < 4.78 is 14.0. The van der Waals surface area contributed by atoms with Crippen LogP contribution in [0, 0.1) is 5.82 Å². The summed E-state index contributed by atoms with van der Waals surface area (Å²) in [5, 5.41) is 3.53. The van der Waals surface area contributed by atoms with Crippen molar-refractivity contribution in [2.45, 2.75) is 12.5 Å². The van der Waals surface area contributed by atoms with E-state index in [0.29, 0.717) is 20.7 Å². The molecule has 1 atom stereocenters. The molecule has 0 bridgehead atoms. The number of carbonyl (C=O) groups is 1. The molecule has 3 N–H and O–H groups in total. The first-order valence-corrected chi connectivity index (χ1v) is 7.14. The zero-order valence-corrected chi connectivity index (χ0v) is 13.4. The van der Waals surface area contributed by atoms with E-state index in [0.717, 1.165) is 6.20 Å². The van der Waals surface area contributed by atoms with Crippen molar-refractivity contribution in [1.82, 2.24) is 4.98 Å². The fourth-order valence-corrected chi connectivity index (χ4v) is 2.32. The fourth-order valence-electron chi connectivity index (χ4n) is 1.82. The lowest BCUT2D eigenvalue weighted by molar-refractivity contribution is -0.122. The average molecular weight is 373 g/mol. The number of primary amides is 1. The zero-order chi connectivity index (χ0) is 15.6. The van der Waals surface area contributed by atoms with Gasteiger partial charge >= 0.3 is 0 Å². The van der Waals surface area contributed by atoms with Crippen LogP contribution in [0.1, 0.15) is 12.5 Å². The highest BCUT2D eigenvalue weighted by molar-refractivity contribution is 9.10. The summed E-state index contributed by atoms with van der Waals surface area (Å²) in [6.07, 6.45) is 2.45. The van der Waals surface area contributed by atoms with Crippen molar-refractivity contribution < 1.29 is 9.18 Å². The number of benzene rings is 1. The van der Waals surface area contributed by atoms with Crippen LogP contribution in [0.3, 0.4) is 0 Å². The molecule has 0 aliphatic rings. The van der Waals surface area contributed by atoms with Crippen LogP contribution in [0.15, 0.2) is 41.1 Å².